The maximum absolute atomic E-state index is 13.0. The third-order valence-corrected chi connectivity index (χ3v) is 6.83. The van der Waals surface area contributed by atoms with E-state index in [9.17, 15) is 14.7 Å². The van der Waals surface area contributed by atoms with Crippen LogP contribution in [0.1, 0.15) is 42.4 Å². The third kappa shape index (κ3) is 7.12. The van der Waals surface area contributed by atoms with E-state index in [4.69, 9.17) is 9.47 Å². The van der Waals surface area contributed by atoms with Crippen molar-refractivity contribution in [2.24, 2.45) is 0 Å². The highest BCUT2D eigenvalue weighted by atomic mass is 16.5. The summed E-state index contributed by atoms with van der Waals surface area (Å²) in [5.74, 6) is 1.02. The van der Waals surface area contributed by atoms with Crippen LogP contribution in [0.2, 0.25) is 0 Å². The van der Waals surface area contributed by atoms with Crippen molar-refractivity contribution >= 4 is 22.6 Å². The second kappa shape index (κ2) is 12.1. The number of pyridine rings is 1. The lowest BCUT2D eigenvalue weighted by Crippen LogP contribution is -2.42. The summed E-state index contributed by atoms with van der Waals surface area (Å²) in [6.07, 6.45) is 1.69. The van der Waals surface area contributed by atoms with E-state index < -0.39 is 17.9 Å². The number of carboxylic acids is 1. The van der Waals surface area contributed by atoms with Gasteiger partial charge in [0.1, 0.15) is 34.7 Å². The number of carbonyl (C=O) groups excluding carboxylic acids is 1. The molecule has 4 aromatic carbocycles. The molecule has 1 amide bonds. The molecule has 7 heteroatoms. The van der Waals surface area contributed by atoms with Crippen molar-refractivity contribution in [2.45, 2.75) is 38.6 Å². The lowest BCUT2D eigenvalue weighted by Gasteiger charge is -2.19. The lowest BCUT2D eigenvalue weighted by atomic mass is 9.87. The highest BCUT2D eigenvalue weighted by Crippen LogP contribution is 2.29. The van der Waals surface area contributed by atoms with Gasteiger partial charge >= 0.3 is 5.97 Å². The molecule has 2 N–H and O–H groups in total. The van der Waals surface area contributed by atoms with Gasteiger partial charge in [-0.15, -0.1) is 0 Å². The molecule has 0 unspecified atom stereocenters. The number of hydrogen-bond acceptors (Lipinski definition) is 5. The number of carboxylic acid groups (broad SMARTS) is 1. The number of aliphatic carboxylic acids is 1. The van der Waals surface area contributed by atoms with Crippen LogP contribution in [0.25, 0.3) is 10.8 Å². The van der Waals surface area contributed by atoms with Crippen molar-refractivity contribution in [3.63, 3.8) is 0 Å². The summed E-state index contributed by atoms with van der Waals surface area (Å²) in [6.45, 7) is 6.49. The highest BCUT2D eigenvalue weighted by molar-refractivity contribution is 5.98. The van der Waals surface area contributed by atoms with Crippen LogP contribution in [0.4, 0.5) is 0 Å². The molecule has 7 nitrogen and oxygen atoms in total. The zero-order valence-corrected chi connectivity index (χ0v) is 23.7. The minimum atomic E-state index is -1.13. The molecule has 0 spiro atoms. The summed E-state index contributed by atoms with van der Waals surface area (Å²) in [4.78, 5) is 29.2. The van der Waals surface area contributed by atoms with Gasteiger partial charge in [0.25, 0.3) is 5.91 Å². The van der Waals surface area contributed by atoms with E-state index in [1.54, 1.807) is 36.5 Å². The molecule has 0 saturated heterocycles. The van der Waals surface area contributed by atoms with E-state index in [0.29, 0.717) is 17.2 Å². The van der Waals surface area contributed by atoms with Gasteiger partial charge in [-0.3, -0.25) is 9.78 Å². The normalized spacial score (nSPS) is 12.0. The van der Waals surface area contributed by atoms with Crippen LogP contribution < -0.4 is 14.8 Å². The molecule has 1 atom stereocenters. The first-order valence-corrected chi connectivity index (χ1v) is 13.7. The molecule has 5 rings (SSSR count). The number of hydrogen-bond donors (Lipinski definition) is 2. The molecule has 1 aromatic heterocycles. The fourth-order valence-electron chi connectivity index (χ4n) is 4.45. The van der Waals surface area contributed by atoms with Gasteiger partial charge in [0, 0.05) is 18.0 Å². The zero-order chi connectivity index (χ0) is 29.7. The average Bonchev–Trinajstić information content (AvgIpc) is 2.98. The fourth-order valence-corrected chi connectivity index (χ4v) is 4.45. The van der Waals surface area contributed by atoms with E-state index in [0.717, 1.165) is 22.1 Å². The van der Waals surface area contributed by atoms with Gasteiger partial charge in [0.05, 0.1) is 0 Å². The van der Waals surface area contributed by atoms with Crippen molar-refractivity contribution in [3.05, 3.63) is 126 Å². The standard InChI is InChI=1S/C35H32N2O5/c1-35(2,3)26-12-17-29(18-13-26)42-30-16-11-24-21-31(36-22-25(24)20-30)33(38)37-32(34(39)40)19-23-9-14-28(15-10-23)41-27-7-5-4-6-8-27/h4-18,20-22,32H,19H2,1-3H3,(H,37,38)(H,39,40)/t32-/m0/s1. The molecule has 42 heavy (non-hydrogen) atoms. The smallest absolute Gasteiger partial charge is 0.326 e. The van der Waals surface area contributed by atoms with Crippen molar-refractivity contribution in [2.75, 3.05) is 0 Å². The van der Waals surface area contributed by atoms with Gasteiger partial charge in [0.15, 0.2) is 0 Å². The first kappa shape index (κ1) is 28.4. The predicted octanol–water partition coefficient (Wildman–Crippen LogP) is 7.54. The topological polar surface area (TPSA) is 97.8 Å². The van der Waals surface area contributed by atoms with Crippen molar-refractivity contribution in [1.29, 1.82) is 0 Å². The molecule has 5 aromatic rings. The van der Waals surface area contributed by atoms with Gasteiger partial charge < -0.3 is 19.9 Å². The maximum Gasteiger partial charge on any atom is 0.326 e. The quantitative estimate of drug-likeness (QED) is 0.193. The summed E-state index contributed by atoms with van der Waals surface area (Å²) in [6, 6.07) is 30.5. The second-order valence-electron chi connectivity index (χ2n) is 11.1. The zero-order valence-electron chi connectivity index (χ0n) is 23.7. The minimum absolute atomic E-state index is 0.0608. The van der Waals surface area contributed by atoms with E-state index in [1.165, 1.54) is 5.56 Å². The second-order valence-corrected chi connectivity index (χ2v) is 11.1. The Morgan fingerprint density at radius 1 is 0.762 bits per heavy atom. The van der Waals surface area contributed by atoms with Crippen LogP contribution in [0, 0.1) is 0 Å². The monoisotopic (exact) mass is 560 g/mol. The lowest BCUT2D eigenvalue weighted by molar-refractivity contribution is -0.139. The van der Waals surface area contributed by atoms with Gasteiger partial charge in [-0.25, -0.2) is 4.79 Å². The Labute approximate surface area is 244 Å². The highest BCUT2D eigenvalue weighted by Gasteiger charge is 2.22. The van der Waals surface area contributed by atoms with Crippen LogP contribution in [-0.2, 0) is 16.6 Å². The van der Waals surface area contributed by atoms with Crippen LogP contribution in [0.3, 0.4) is 0 Å². The Morgan fingerprint density at radius 2 is 1.36 bits per heavy atom. The number of carbonyl (C=O) groups is 2. The molecule has 1 heterocycles. The Balaban J connectivity index is 1.23. The van der Waals surface area contributed by atoms with Crippen molar-refractivity contribution in [1.82, 2.24) is 10.3 Å². The molecule has 0 aliphatic carbocycles. The van der Waals surface area contributed by atoms with E-state index in [2.05, 4.69) is 43.2 Å². The van der Waals surface area contributed by atoms with Crippen LogP contribution in [0.5, 0.6) is 23.0 Å². The number of para-hydroxylation sites is 1. The Bertz CT molecular complexity index is 1690. The molecule has 212 valence electrons. The van der Waals surface area contributed by atoms with Gasteiger partial charge in [-0.1, -0.05) is 69.3 Å². The van der Waals surface area contributed by atoms with E-state index >= 15 is 0 Å². The average molecular weight is 561 g/mol. The summed E-state index contributed by atoms with van der Waals surface area (Å²) < 4.78 is 11.8. The third-order valence-electron chi connectivity index (χ3n) is 6.83. The Morgan fingerprint density at radius 3 is 2.00 bits per heavy atom. The first-order chi connectivity index (χ1) is 20.1. The van der Waals surface area contributed by atoms with E-state index in [-0.39, 0.29) is 17.5 Å². The largest absolute Gasteiger partial charge is 0.480 e. The number of amides is 1. The molecule has 0 saturated carbocycles. The number of nitrogens with one attached hydrogen (secondary N) is 1. The molecular formula is C35H32N2O5. The minimum Gasteiger partial charge on any atom is -0.480 e. The van der Waals surface area contributed by atoms with Gasteiger partial charge in [0.2, 0.25) is 0 Å². The van der Waals surface area contributed by atoms with Crippen LogP contribution in [-0.4, -0.2) is 28.0 Å². The number of benzene rings is 4. The summed E-state index contributed by atoms with van der Waals surface area (Å²) >= 11 is 0. The van der Waals surface area contributed by atoms with E-state index in [1.807, 2.05) is 60.7 Å². The Hall–Kier alpha value is -5.17. The fraction of sp³-hybridized carbons (Fsp3) is 0.171. The molecule has 0 radical (unpaired) electrons. The summed E-state index contributed by atoms with van der Waals surface area (Å²) in [7, 11) is 0. The SMILES string of the molecule is CC(C)(C)c1ccc(Oc2ccc3cc(C(=O)N[C@@H](Cc4ccc(Oc5ccccc5)cc4)C(=O)O)ncc3c2)cc1. The number of aromatic nitrogens is 1. The predicted molar refractivity (Wildman–Crippen MR) is 163 cm³/mol. The number of nitrogens with zero attached hydrogens (tertiary/aromatic N) is 1. The number of fused-ring (bicyclic) bond motifs is 1. The van der Waals surface area contributed by atoms with Crippen LogP contribution in [0.15, 0.2) is 109 Å². The molecule has 0 bridgehead atoms. The molecular weight excluding hydrogens is 528 g/mol. The van der Waals surface area contributed by atoms with Gasteiger partial charge in [-0.2, -0.15) is 0 Å². The Kier molecular flexibility index (Phi) is 8.20. The maximum atomic E-state index is 13.0. The molecule has 0 aliphatic rings. The molecule has 0 fully saturated rings. The summed E-state index contributed by atoms with van der Waals surface area (Å²) in [5.41, 5.74) is 2.16. The summed E-state index contributed by atoms with van der Waals surface area (Å²) in [5, 5.41) is 14.0. The first-order valence-electron chi connectivity index (χ1n) is 13.7. The molecule has 0 aliphatic heterocycles. The van der Waals surface area contributed by atoms with Crippen molar-refractivity contribution < 1.29 is 24.2 Å². The van der Waals surface area contributed by atoms with Gasteiger partial charge in [-0.05, 0) is 76.5 Å². The van der Waals surface area contributed by atoms with Crippen LogP contribution >= 0.6 is 0 Å². The number of rotatable bonds is 9. The number of ether oxygens (including phenoxy) is 2. The van der Waals surface area contributed by atoms with Crippen molar-refractivity contribution in [3.8, 4) is 23.0 Å².